The highest BCUT2D eigenvalue weighted by Crippen LogP contribution is 2.21. The van der Waals surface area contributed by atoms with Gasteiger partial charge in [-0.2, -0.15) is 15.3 Å². The highest BCUT2D eigenvalue weighted by molar-refractivity contribution is 6.10. The maximum Gasteiger partial charge on any atom is 0.357 e. The largest absolute Gasteiger partial charge is 0.476 e. The molecule has 0 bridgehead atoms. The molecule has 0 aromatic carbocycles. The number of carbonyl (C=O) groups excluding carboxylic acids is 1. The number of hydrogen-bond donors (Lipinski definition) is 2. The summed E-state index contributed by atoms with van der Waals surface area (Å²) in [7, 11) is 1.56. The molecule has 3 aromatic heterocycles. The van der Waals surface area contributed by atoms with Gasteiger partial charge in [-0.05, 0) is 33.8 Å². The minimum Gasteiger partial charge on any atom is -0.476 e. The number of carboxylic acid groups (broad SMARTS) is 1. The number of nitrogens with zero attached hydrogens (tertiary/aromatic N) is 6. The van der Waals surface area contributed by atoms with Crippen LogP contribution in [-0.2, 0) is 13.7 Å². The van der Waals surface area contributed by atoms with E-state index in [9.17, 15) is 14.7 Å². The number of aryl methyl sites for hydroxylation is 4. The van der Waals surface area contributed by atoms with E-state index in [-0.39, 0.29) is 11.3 Å². The predicted molar refractivity (Wildman–Crippen MR) is 96.9 cm³/mol. The Labute approximate surface area is 155 Å². The molecule has 10 heteroatoms. The summed E-state index contributed by atoms with van der Waals surface area (Å²) in [5.41, 5.74) is 3.54. The van der Waals surface area contributed by atoms with Crippen LogP contribution in [-0.4, -0.2) is 46.3 Å². The van der Waals surface area contributed by atoms with Crippen molar-refractivity contribution in [2.24, 2.45) is 7.05 Å². The topological polar surface area (TPSA) is 120 Å². The van der Waals surface area contributed by atoms with Crippen molar-refractivity contribution in [3.63, 3.8) is 0 Å². The first-order valence-electron chi connectivity index (χ1n) is 8.30. The van der Waals surface area contributed by atoms with Crippen molar-refractivity contribution in [3.05, 3.63) is 46.3 Å². The Morgan fingerprint density at radius 2 is 1.81 bits per heavy atom. The van der Waals surface area contributed by atoms with E-state index in [1.54, 1.807) is 18.7 Å². The molecule has 2 N–H and O–H groups in total. The second kappa shape index (κ2) is 6.71. The number of hydrogen-bond acceptors (Lipinski definition) is 5. The molecule has 3 aromatic rings. The molecule has 0 saturated carbocycles. The van der Waals surface area contributed by atoms with Crippen molar-refractivity contribution in [1.82, 2.24) is 29.3 Å². The molecule has 0 radical (unpaired) electrons. The van der Waals surface area contributed by atoms with E-state index in [1.807, 2.05) is 31.5 Å². The van der Waals surface area contributed by atoms with Crippen LogP contribution >= 0.6 is 0 Å². The molecule has 0 unspecified atom stereocenters. The number of anilines is 1. The summed E-state index contributed by atoms with van der Waals surface area (Å²) >= 11 is 0. The first kappa shape index (κ1) is 18.4. The molecule has 0 saturated heterocycles. The fourth-order valence-electron chi connectivity index (χ4n) is 2.95. The summed E-state index contributed by atoms with van der Waals surface area (Å²) in [6, 6.07) is 1.98. The quantitative estimate of drug-likeness (QED) is 0.701. The van der Waals surface area contributed by atoms with E-state index >= 15 is 0 Å². The molecule has 0 fully saturated rings. The summed E-state index contributed by atoms with van der Waals surface area (Å²) in [4.78, 5) is 23.9. The second-order valence-corrected chi connectivity index (χ2v) is 6.44. The lowest BCUT2D eigenvalue weighted by Crippen LogP contribution is -2.17. The van der Waals surface area contributed by atoms with Crippen molar-refractivity contribution in [2.45, 2.75) is 34.4 Å². The third kappa shape index (κ3) is 3.46. The van der Waals surface area contributed by atoms with Crippen LogP contribution in [0.3, 0.4) is 0 Å². The maximum absolute atomic E-state index is 12.6. The fraction of sp³-hybridized carbons (Fsp3) is 0.353. The predicted octanol–water partition coefficient (Wildman–Crippen LogP) is 1.50. The van der Waals surface area contributed by atoms with Gasteiger partial charge in [-0.25, -0.2) is 14.2 Å². The van der Waals surface area contributed by atoms with Gasteiger partial charge in [-0.1, -0.05) is 0 Å². The fourth-order valence-corrected chi connectivity index (χ4v) is 2.95. The lowest BCUT2D eigenvalue weighted by molar-refractivity contribution is 0.0685. The van der Waals surface area contributed by atoms with Crippen molar-refractivity contribution >= 4 is 17.6 Å². The molecular weight excluding hydrogens is 350 g/mol. The van der Waals surface area contributed by atoms with Crippen LogP contribution in [0, 0.1) is 27.7 Å². The van der Waals surface area contributed by atoms with Crippen molar-refractivity contribution in [1.29, 1.82) is 0 Å². The molecule has 142 valence electrons. The smallest absolute Gasteiger partial charge is 0.357 e. The van der Waals surface area contributed by atoms with Gasteiger partial charge in [0.15, 0.2) is 5.69 Å². The Hall–Kier alpha value is -3.43. The summed E-state index contributed by atoms with van der Waals surface area (Å²) in [6.07, 6.45) is 1.38. The van der Waals surface area contributed by atoms with E-state index in [2.05, 4.69) is 20.6 Å². The number of aromatic nitrogens is 6. The maximum atomic E-state index is 12.6. The summed E-state index contributed by atoms with van der Waals surface area (Å²) in [5.74, 6) is -1.80. The highest BCUT2D eigenvalue weighted by Gasteiger charge is 2.23. The minimum atomic E-state index is -1.26. The van der Waals surface area contributed by atoms with Gasteiger partial charge in [0, 0.05) is 18.9 Å². The minimum absolute atomic E-state index is 0.00454. The highest BCUT2D eigenvalue weighted by atomic mass is 16.4. The van der Waals surface area contributed by atoms with Crippen molar-refractivity contribution in [3.8, 4) is 0 Å². The van der Waals surface area contributed by atoms with Crippen LogP contribution in [0.5, 0.6) is 0 Å². The number of carbonyl (C=O) groups is 2. The number of carboxylic acids is 1. The molecule has 3 heterocycles. The van der Waals surface area contributed by atoms with Gasteiger partial charge < -0.3 is 10.4 Å². The first-order valence-corrected chi connectivity index (χ1v) is 8.30. The third-order valence-electron chi connectivity index (χ3n) is 4.27. The third-order valence-corrected chi connectivity index (χ3v) is 4.27. The van der Waals surface area contributed by atoms with Gasteiger partial charge in [0.1, 0.15) is 6.67 Å². The van der Waals surface area contributed by atoms with Crippen LogP contribution in [0.25, 0.3) is 0 Å². The zero-order chi connectivity index (χ0) is 19.9. The average molecular weight is 371 g/mol. The van der Waals surface area contributed by atoms with Crippen LogP contribution in [0.4, 0.5) is 5.69 Å². The zero-order valence-corrected chi connectivity index (χ0v) is 15.8. The van der Waals surface area contributed by atoms with Gasteiger partial charge >= 0.3 is 5.97 Å². The van der Waals surface area contributed by atoms with E-state index in [4.69, 9.17) is 0 Å². The molecule has 3 rings (SSSR count). The Bertz CT molecular complexity index is 1040. The van der Waals surface area contributed by atoms with Crippen LogP contribution in [0.15, 0.2) is 12.3 Å². The molecule has 0 aliphatic rings. The normalized spacial score (nSPS) is 11.0. The average Bonchev–Trinajstić information content (AvgIpc) is 3.20. The summed E-state index contributed by atoms with van der Waals surface area (Å²) < 4.78 is 4.86. The Kier molecular flexibility index (Phi) is 4.56. The van der Waals surface area contributed by atoms with E-state index in [0.29, 0.717) is 18.1 Å². The molecule has 0 spiro atoms. The van der Waals surface area contributed by atoms with Gasteiger partial charge in [0.05, 0.1) is 28.3 Å². The van der Waals surface area contributed by atoms with Crippen molar-refractivity contribution in [2.75, 3.05) is 5.32 Å². The standard InChI is InChI=1S/C17H21N7O3/c1-9-6-10(2)23(19-9)8-24-12(4)14(11(3)20-24)18-16(25)13-7-22(5)21-15(13)17(26)27/h6-7H,8H2,1-5H3,(H,18,25)(H,26,27). The van der Waals surface area contributed by atoms with Gasteiger partial charge in [0.25, 0.3) is 5.91 Å². The Morgan fingerprint density at radius 1 is 1.11 bits per heavy atom. The SMILES string of the molecule is Cc1cc(C)n(Cn2nc(C)c(NC(=O)c3cn(C)nc3C(=O)O)c2C)n1. The molecule has 0 aliphatic heterocycles. The number of nitrogens with one attached hydrogen (secondary N) is 1. The monoisotopic (exact) mass is 371 g/mol. The second-order valence-electron chi connectivity index (χ2n) is 6.44. The number of amides is 1. The summed E-state index contributed by atoms with van der Waals surface area (Å²) in [5, 5.41) is 24.7. The zero-order valence-electron chi connectivity index (χ0n) is 15.8. The lowest BCUT2D eigenvalue weighted by Gasteiger charge is -2.08. The molecule has 10 nitrogen and oxygen atoms in total. The molecule has 1 amide bonds. The first-order chi connectivity index (χ1) is 12.7. The lowest BCUT2D eigenvalue weighted by atomic mass is 10.2. The van der Waals surface area contributed by atoms with E-state index < -0.39 is 11.9 Å². The number of rotatable bonds is 5. The molecule has 27 heavy (non-hydrogen) atoms. The van der Waals surface area contributed by atoms with E-state index in [0.717, 1.165) is 17.1 Å². The Morgan fingerprint density at radius 3 is 2.41 bits per heavy atom. The molecule has 0 atom stereocenters. The van der Waals surface area contributed by atoms with Crippen LogP contribution in [0.1, 0.15) is 43.6 Å². The van der Waals surface area contributed by atoms with Crippen molar-refractivity contribution < 1.29 is 14.7 Å². The molecule has 0 aliphatic carbocycles. The van der Waals surface area contributed by atoms with Crippen LogP contribution in [0.2, 0.25) is 0 Å². The van der Waals surface area contributed by atoms with E-state index in [1.165, 1.54) is 10.9 Å². The van der Waals surface area contributed by atoms with Gasteiger partial charge in [0.2, 0.25) is 0 Å². The van der Waals surface area contributed by atoms with Gasteiger partial charge in [-0.15, -0.1) is 0 Å². The van der Waals surface area contributed by atoms with Crippen LogP contribution < -0.4 is 5.32 Å². The summed E-state index contributed by atoms with van der Waals surface area (Å²) in [6.45, 7) is 7.91. The molecular formula is C17H21N7O3. The van der Waals surface area contributed by atoms with Gasteiger partial charge in [-0.3, -0.25) is 9.48 Å². The Balaban J connectivity index is 1.88. The number of aromatic carboxylic acids is 1.